The van der Waals surface area contributed by atoms with Crippen LogP contribution in [-0.2, 0) is 17.7 Å². The van der Waals surface area contributed by atoms with Crippen LogP contribution in [-0.4, -0.2) is 64.9 Å². The van der Waals surface area contributed by atoms with E-state index in [0.717, 1.165) is 49.4 Å². The van der Waals surface area contributed by atoms with Gasteiger partial charge >= 0.3 is 6.09 Å². The van der Waals surface area contributed by atoms with Crippen molar-refractivity contribution in [1.29, 1.82) is 0 Å². The van der Waals surface area contributed by atoms with E-state index in [0.29, 0.717) is 18.1 Å². The van der Waals surface area contributed by atoms with Crippen LogP contribution in [0.15, 0.2) is 53.1 Å². The van der Waals surface area contributed by atoms with Gasteiger partial charge in [0.05, 0.1) is 0 Å². The lowest BCUT2D eigenvalue weighted by Crippen LogP contribution is -2.43. The zero-order chi connectivity index (χ0) is 25.7. The summed E-state index contributed by atoms with van der Waals surface area (Å²) in [6.07, 6.45) is -0.0134. The highest BCUT2D eigenvalue weighted by Gasteiger charge is 2.25. The van der Waals surface area contributed by atoms with Crippen LogP contribution < -0.4 is 5.32 Å². The molecule has 1 unspecified atom stereocenters. The molecule has 0 aliphatic carbocycles. The van der Waals surface area contributed by atoms with Crippen LogP contribution in [0.4, 0.5) is 4.79 Å². The average Bonchev–Trinajstić information content (AvgIpc) is 3.30. The van der Waals surface area contributed by atoms with Gasteiger partial charge in [0.15, 0.2) is 0 Å². The number of amides is 1. The van der Waals surface area contributed by atoms with E-state index in [4.69, 9.17) is 9.26 Å². The van der Waals surface area contributed by atoms with E-state index < -0.39 is 17.7 Å². The molecule has 0 spiro atoms. The Hall–Kier alpha value is -3.23. The lowest BCUT2D eigenvalue weighted by molar-refractivity contribution is 0.0493. The summed E-state index contributed by atoms with van der Waals surface area (Å²) in [6, 6.07) is 15.9. The Labute approximate surface area is 213 Å². The summed E-state index contributed by atoms with van der Waals surface area (Å²) in [7, 11) is 2.16. The smallest absolute Gasteiger partial charge is 0.408 e. The van der Waals surface area contributed by atoms with Crippen molar-refractivity contribution in [2.24, 2.45) is 0 Å². The molecule has 0 saturated carbocycles. The minimum Gasteiger partial charge on any atom is -0.444 e. The van der Waals surface area contributed by atoms with E-state index in [1.165, 1.54) is 5.56 Å². The molecule has 1 N–H and O–H groups in total. The van der Waals surface area contributed by atoms with Crippen LogP contribution in [0, 0.1) is 6.92 Å². The number of carbonyl (C=O) groups excluding carboxylic acids is 1. The number of carbonyl (C=O) groups is 1. The number of piperazine rings is 1. The third-order valence-electron chi connectivity index (χ3n) is 6.14. The minimum absolute atomic E-state index is 0.349. The molecule has 1 amide bonds. The van der Waals surface area contributed by atoms with Crippen molar-refractivity contribution in [2.75, 3.05) is 33.2 Å². The third-order valence-corrected chi connectivity index (χ3v) is 6.14. The van der Waals surface area contributed by atoms with Gasteiger partial charge in [-0.1, -0.05) is 53.2 Å². The Bertz CT molecular complexity index is 1160. The molecule has 4 rings (SSSR count). The first-order valence-electron chi connectivity index (χ1n) is 12.5. The number of rotatable bonds is 7. The van der Waals surface area contributed by atoms with Crippen molar-refractivity contribution in [2.45, 2.75) is 52.3 Å². The zero-order valence-corrected chi connectivity index (χ0v) is 22.0. The predicted molar refractivity (Wildman–Crippen MR) is 140 cm³/mol. The summed E-state index contributed by atoms with van der Waals surface area (Å²) in [5.74, 6) is 0.854. The maximum absolute atomic E-state index is 12.6. The molecule has 1 fully saturated rings. The van der Waals surface area contributed by atoms with E-state index in [1.54, 1.807) is 0 Å². The van der Waals surface area contributed by atoms with Gasteiger partial charge in [-0.05, 0) is 51.9 Å². The van der Waals surface area contributed by atoms with Gasteiger partial charge in [0, 0.05) is 44.7 Å². The van der Waals surface area contributed by atoms with Crippen molar-refractivity contribution >= 4 is 6.09 Å². The number of ether oxygens (including phenoxy) is 1. The van der Waals surface area contributed by atoms with E-state index in [9.17, 15) is 4.79 Å². The molecule has 1 saturated heterocycles. The first-order valence-corrected chi connectivity index (χ1v) is 12.5. The van der Waals surface area contributed by atoms with Crippen LogP contribution in [0.3, 0.4) is 0 Å². The van der Waals surface area contributed by atoms with Gasteiger partial charge in [-0.15, -0.1) is 0 Å². The summed E-state index contributed by atoms with van der Waals surface area (Å²) in [4.78, 5) is 22.1. The van der Waals surface area contributed by atoms with Gasteiger partial charge in [0.2, 0.25) is 11.7 Å². The Morgan fingerprint density at radius 2 is 1.81 bits per heavy atom. The fraction of sp³-hybridized carbons (Fsp3) is 0.464. The summed E-state index contributed by atoms with van der Waals surface area (Å²) in [5.41, 5.74) is 3.70. The molecular weight excluding hydrogens is 454 g/mol. The fourth-order valence-electron chi connectivity index (χ4n) is 4.29. The van der Waals surface area contributed by atoms with Gasteiger partial charge in [-0.2, -0.15) is 4.98 Å². The Balaban J connectivity index is 1.52. The molecule has 1 aliphatic rings. The first-order chi connectivity index (χ1) is 17.1. The van der Waals surface area contributed by atoms with Crippen molar-refractivity contribution in [1.82, 2.24) is 25.3 Å². The highest BCUT2D eigenvalue weighted by atomic mass is 16.6. The van der Waals surface area contributed by atoms with E-state index in [2.05, 4.69) is 50.5 Å². The van der Waals surface area contributed by atoms with Crippen molar-refractivity contribution in [3.8, 4) is 11.4 Å². The van der Waals surface area contributed by atoms with E-state index in [-0.39, 0.29) is 0 Å². The number of nitrogens with zero attached hydrogens (tertiary/aromatic N) is 4. The minimum atomic E-state index is -0.609. The standard InChI is InChI=1S/C28H37N5O3/c1-20-8-6-9-21(16-20)18-24(29-27(34)35-28(2,3)4)26-30-25(31-36-26)23-11-7-10-22(17-23)19-33-14-12-32(5)13-15-33/h6-11,16-17,24H,12-15,18-19H2,1-5H3,(H,29,34). The second kappa shape index (κ2) is 11.2. The number of hydrogen-bond acceptors (Lipinski definition) is 7. The van der Waals surface area contributed by atoms with Crippen molar-refractivity contribution < 1.29 is 14.1 Å². The van der Waals surface area contributed by atoms with Gasteiger partial charge in [-0.3, -0.25) is 4.90 Å². The maximum Gasteiger partial charge on any atom is 0.408 e. The Morgan fingerprint density at radius 1 is 1.08 bits per heavy atom. The number of hydrogen-bond donors (Lipinski definition) is 1. The summed E-state index contributed by atoms with van der Waals surface area (Å²) in [6.45, 7) is 12.7. The van der Waals surface area contributed by atoms with Gasteiger partial charge in [0.1, 0.15) is 11.6 Å². The molecule has 3 aromatic rings. The molecule has 2 aromatic carbocycles. The van der Waals surface area contributed by atoms with Gasteiger partial charge in [0.25, 0.3) is 0 Å². The lowest BCUT2D eigenvalue weighted by Gasteiger charge is -2.32. The quantitative estimate of drug-likeness (QED) is 0.517. The molecule has 36 heavy (non-hydrogen) atoms. The summed E-state index contributed by atoms with van der Waals surface area (Å²) in [5, 5.41) is 7.17. The third kappa shape index (κ3) is 7.38. The van der Waals surface area contributed by atoms with Crippen LogP contribution >= 0.6 is 0 Å². The number of alkyl carbamates (subject to hydrolysis) is 1. The molecular formula is C28H37N5O3. The zero-order valence-electron chi connectivity index (χ0n) is 22.0. The highest BCUT2D eigenvalue weighted by molar-refractivity contribution is 5.68. The molecule has 2 heterocycles. The van der Waals surface area contributed by atoms with Crippen molar-refractivity contribution in [3.63, 3.8) is 0 Å². The van der Waals surface area contributed by atoms with Crippen LogP contribution in [0.25, 0.3) is 11.4 Å². The maximum atomic E-state index is 12.6. The number of benzene rings is 2. The van der Waals surface area contributed by atoms with Crippen LogP contribution in [0.1, 0.15) is 49.4 Å². The Kier molecular flexibility index (Phi) is 8.06. The van der Waals surface area contributed by atoms with E-state index >= 15 is 0 Å². The summed E-state index contributed by atoms with van der Waals surface area (Å²) < 4.78 is 11.2. The highest BCUT2D eigenvalue weighted by Crippen LogP contribution is 2.24. The second-order valence-corrected chi connectivity index (χ2v) is 10.6. The molecule has 8 nitrogen and oxygen atoms in total. The molecule has 192 valence electrons. The molecule has 8 heteroatoms. The SMILES string of the molecule is Cc1cccc(CC(NC(=O)OC(C)(C)C)c2nc(-c3cccc(CN4CCN(C)CC4)c3)no2)c1. The van der Waals surface area contributed by atoms with Gasteiger partial charge < -0.3 is 19.5 Å². The van der Waals surface area contributed by atoms with Crippen molar-refractivity contribution in [3.05, 3.63) is 71.1 Å². The monoisotopic (exact) mass is 491 g/mol. The van der Waals surface area contributed by atoms with Gasteiger partial charge in [-0.25, -0.2) is 4.79 Å². The second-order valence-electron chi connectivity index (χ2n) is 10.6. The number of nitrogens with one attached hydrogen (secondary N) is 1. The van der Waals surface area contributed by atoms with Crippen LogP contribution in [0.2, 0.25) is 0 Å². The topological polar surface area (TPSA) is 83.7 Å². The molecule has 0 bridgehead atoms. The normalized spacial score (nSPS) is 16.0. The largest absolute Gasteiger partial charge is 0.444 e. The number of likely N-dealkylation sites (N-methyl/N-ethyl adjacent to an activating group) is 1. The molecule has 1 aliphatic heterocycles. The predicted octanol–water partition coefficient (Wildman–Crippen LogP) is 4.60. The lowest BCUT2D eigenvalue weighted by atomic mass is 10.0. The number of aromatic nitrogens is 2. The summed E-state index contributed by atoms with van der Waals surface area (Å²) >= 11 is 0. The molecule has 0 radical (unpaired) electrons. The number of aryl methyl sites for hydroxylation is 1. The molecule has 1 aromatic heterocycles. The average molecular weight is 492 g/mol. The fourth-order valence-corrected chi connectivity index (χ4v) is 4.29. The Morgan fingerprint density at radius 3 is 2.53 bits per heavy atom. The molecule has 1 atom stereocenters. The first kappa shape index (κ1) is 25.9. The van der Waals surface area contributed by atoms with Crippen LogP contribution in [0.5, 0.6) is 0 Å². The van der Waals surface area contributed by atoms with E-state index in [1.807, 2.05) is 58.0 Å².